The van der Waals surface area contributed by atoms with Crippen molar-refractivity contribution in [2.45, 2.75) is 12.8 Å². The van der Waals surface area contributed by atoms with Gasteiger partial charge in [0.05, 0.1) is 16.7 Å². The van der Waals surface area contributed by atoms with Crippen LogP contribution in [0.1, 0.15) is 18.4 Å². The fourth-order valence-electron chi connectivity index (χ4n) is 8.85. The number of hydrogen-bond donors (Lipinski definition) is 0. The highest BCUT2D eigenvalue weighted by atomic mass is 15.1. The number of hydrogen-bond acceptors (Lipinski definition) is 4. The number of pyridine rings is 1. The van der Waals surface area contributed by atoms with E-state index in [2.05, 4.69) is 206 Å². The largest absolute Gasteiger partial charge is 0.311 e. The normalized spacial score (nSPS) is 12.4. The minimum absolute atomic E-state index is 0.700. The van der Waals surface area contributed by atoms with Gasteiger partial charge < -0.3 is 9.47 Å². The molecule has 0 atom stereocenters. The summed E-state index contributed by atoms with van der Waals surface area (Å²) in [5, 5.41) is 2.48. The van der Waals surface area contributed by atoms with E-state index in [1.165, 1.54) is 49.7 Å². The van der Waals surface area contributed by atoms with Crippen molar-refractivity contribution in [1.82, 2.24) is 19.5 Å². The Balaban J connectivity index is 1.10. The summed E-state index contributed by atoms with van der Waals surface area (Å²) >= 11 is 0. The Morgan fingerprint density at radius 3 is 1.73 bits per heavy atom. The molecular formula is C57H41N5. The minimum Gasteiger partial charge on any atom is -0.311 e. The lowest BCUT2D eigenvalue weighted by molar-refractivity contribution is 1.04. The van der Waals surface area contributed by atoms with Crippen molar-refractivity contribution in [3.05, 3.63) is 230 Å². The van der Waals surface area contributed by atoms with E-state index in [0.29, 0.717) is 5.82 Å². The van der Waals surface area contributed by atoms with Crippen molar-refractivity contribution in [2.75, 3.05) is 4.90 Å². The van der Waals surface area contributed by atoms with Gasteiger partial charge in [0.1, 0.15) is 0 Å². The summed E-state index contributed by atoms with van der Waals surface area (Å²) in [7, 11) is 0. The van der Waals surface area contributed by atoms with E-state index < -0.39 is 0 Å². The van der Waals surface area contributed by atoms with Gasteiger partial charge in [0.15, 0.2) is 5.82 Å². The number of nitrogens with zero attached hydrogens (tertiary/aromatic N) is 5. The first-order valence-corrected chi connectivity index (χ1v) is 21.2. The van der Waals surface area contributed by atoms with Crippen molar-refractivity contribution >= 4 is 44.4 Å². The quantitative estimate of drug-likeness (QED) is 0.146. The maximum Gasteiger partial charge on any atom is 0.159 e. The van der Waals surface area contributed by atoms with E-state index in [-0.39, 0.29) is 0 Å². The number of aromatic nitrogens is 4. The Kier molecular flexibility index (Phi) is 9.60. The van der Waals surface area contributed by atoms with Gasteiger partial charge in [0.25, 0.3) is 0 Å². The first kappa shape index (κ1) is 36.9. The molecule has 1 aliphatic rings. The zero-order valence-corrected chi connectivity index (χ0v) is 34.0. The van der Waals surface area contributed by atoms with Crippen LogP contribution in [0, 0.1) is 0 Å². The van der Waals surface area contributed by atoms with Gasteiger partial charge in [-0.25, -0.2) is 9.97 Å². The van der Waals surface area contributed by atoms with Crippen LogP contribution in [-0.2, 0) is 0 Å². The fourth-order valence-corrected chi connectivity index (χ4v) is 8.85. The summed E-state index contributed by atoms with van der Waals surface area (Å²) in [6.45, 7) is 0. The number of anilines is 3. The highest BCUT2D eigenvalue weighted by Crippen LogP contribution is 2.45. The monoisotopic (exact) mass is 795 g/mol. The van der Waals surface area contributed by atoms with Crippen LogP contribution >= 0.6 is 0 Å². The molecule has 0 spiro atoms. The Bertz CT molecular complexity index is 3140. The van der Waals surface area contributed by atoms with Gasteiger partial charge in [0.2, 0.25) is 0 Å². The van der Waals surface area contributed by atoms with Crippen molar-refractivity contribution in [3.63, 3.8) is 0 Å². The topological polar surface area (TPSA) is 46.8 Å². The lowest BCUT2D eigenvalue weighted by Crippen LogP contribution is -2.10. The SMILES string of the molecule is C1=CC(c2ccc(-c3ccccc3)c3c4cc(-c5ccccc5)ccc4n(-c4ccc(N(c5ccc(-c6ccccn6)cc5)c5ccc(-c6ncccn6)cc5)cc4)c23)=CCC1. The second-order valence-electron chi connectivity index (χ2n) is 15.6. The molecule has 0 fully saturated rings. The average molecular weight is 796 g/mol. The predicted octanol–water partition coefficient (Wildman–Crippen LogP) is 14.8. The molecule has 7 aromatic carbocycles. The zero-order valence-electron chi connectivity index (χ0n) is 34.0. The van der Waals surface area contributed by atoms with E-state index in [0.717, 1.165) is 57.9 Å². The second kappa shape index (κ2) is 16.1. The summed E-state index contributed by atoms with van der Waals surface area (Å²) in [6.07, 6.45) is 14.5. The third-order valence-electron chi connectivity index (χ3n) is 11.8. The maximum atomic E-state index is 4.60. The third-order valence-corrected chi connectivity index (χ3v) is 11.8. The summed E-state index contributed by atoms with van der Waals surface area (Å²) < 4.78 is 2.48. The minimum atomic E-state index is 0.700. The van der Waals surface area contributed by atoms with Gasteiger partial charge >= 0.3 is 0 Å². The molecule has 0 saturated heterocycles. The molecule has 5 nitrogen and oxygen atoms in total. The average Bonchev–Trinajstić information content (AvgIpc) is 3.70. The third kappa shape index (κ3) is 6.85. The maximum absolute atomic E-state index is 4.60. The van der Waals surface area contributed by atoms with Crippen molar-refractivity contribution < 1.29 is 0 Å². The van der Waals surface area contributed by atoms with Gasteiger partial charge in [-0.05, 0) is 132 Å². The Hall–Kier alpha value is -8.15. The molecule has 5 heteroatoms. The number of fused-ring (bicyclic) bond motifs is 3. The Labute approximate surface area is 361 Å². The van der Waals surface area contributed by atoms with Gasteiger partial charge in [0, 0.05) is 68.8 Å². The molecule has 3 aromatic heterocycles. The molecule has 0 amide bonds. The Morgan fingerprint density at radius 2 is 1.06 bits per heavy atom. The highest BCUT2D eigenvalue weighted by Gasteiger charge is 2.22. The van der Waals surface area contributed by atoms with Gasteiger partial charge in [-0.2, -0.15) is 0 Å². The molecule has 3 heterocycles. The molecule has 294 valence electrons. The van der Waals surface area contributed by atoms with Crippen molar-refractivity contribution in [1.29, 1.82) is 0 Å². The van der Waals surface area contributed by atoms with Crippen LogP contribution in [0.25, 0.3) is 78.0 Å². The summed E-state index contributed by atoms with van der Waals surface area (Å²) in [4.78, 5) is 15.9. The number of allylic oxidation sites excluding steroid dienone is 4. The lowest BCUT2D eigenvalue weighted by Gasteiger charge is -2.26. The van der Waals surface area contributed by atoms with E-state index >= 15 is 0 Å². The Morgan fingerprint density at radius 1 is 0.452 bits per heavy atom. The summed E-state index contributed by atoms with van der Waals surface area (Å²) in [6, 6.07) is 67.1. The molecule has 11 rings (SSSR count). The molecule has 0 unspecified atom stereocenters. The second-order valence-corrected chi connectivity index (χ2v) is 15.6. The summed E-state index contributed by atoms with van der Waals surface area (Å²) in [5.74, 6) is 0.700. The van der Waals surface area contributed by atoms with Crippen LogP contribution in [0.5, 0.6) is 0 Å². The molecule has 0 saturated carbocycles. The van der Waals surface area contributed by atoms with Gasteiger partial charge in [-0.15, -0.1) is 0 Å². The van der Waals surface area contributed by atoms with Gasteiger partial charge in [-0.1, -0.05) is 115 Å². The standard InChI is InChI=1S/C57H41N5/c1-4-13-40(14-5-1)45-24-35-54-52(39-45)55-50(41-15-6-2-7-16-41)33-34-51(42-17-8-3-9-18-42)56(55)62(54)49-31-29-48(30-32-49)61(46-25-20-43(21-26-46)53-19-10-11-36-58-53)47-27-22-44(23-28-47)57-59-37-12-38-60-57/h1-2,4-8,10-39H,3,9H2. The van der Waals surface area contributed by atoms with Gasteiger partial charge in [-0.3, -0.25) is 4.98 Å². The fraction of sp³-hybridized carbons (Fsp3) is 0.0351. The van der Waals surface area contributed by atoms with Crippen LogP contribution in [0.4, 0.5) is 17.1 Å². The molecule has 62 heavy (non-hydrogen) atoms. The highest BCUT2D eigenvalue weighted by molar-refractivity contribution is 6.19. The van der Waals surface area contributed by atoms with Crippen LogP contribution in [-0.4, -0.2) is 19.5 Å². The molecule has 10 aromatic rings. The predicted molar refractivity (Wildman–Crippen MR) is 257 cm³/mol. The lowest BCUT2D eigenvalue weighted by atomic mass is 9.92. The molecule has 1 aliphatic carbocycles. The van der Waals surface area contributed by atoms with E-state index in [9.17, 15) is 0 Å². The first-order chi connectivity index (χ1) is 30.8. The molecule has 0 N–H and O–H groups in total. The molecular weight excluding hydrogens is 755 g/mol. The molecule has 0 bridgehead atoms. The smallest absolute Gasteiger partial charge is 0.159 e. The molecule has 0 radical (unpaired) electrons. The van der Waals surface area contributed by atoms with Crippen LogP contribution in [0.15, 0.2) is 225 Å². The first-order valence-electron chi connectivity index (χ1n) is 21.2. The van der Waals surface area contributed by atoms with E-state index in [1.54, 1.807) is 12.4 Å². The zero-order chi connectivity index (χ0) is 41.2. The van der Waals surface area contributed by atoms with Crippen molar-refractivity contribution in [2.24, 2.45) is 0 Å². The molecule has 0 aliphatic heterocycles. The number of benzene rings is 7. The van der Waals surface area contributed by atoms with Crippen LogP contribution in [0.2, 0.25) is 0 Å². The number of rotatable bonds is 9. The van der Waals surface area contributed by atoms with E-state index in [1.807, 2.05) is 30.5 Å². The van der Waals surface area contributed by atoms with Crippen LogP contribution in [0.3, 0.4) is 0 Å². The van der Waals surface area contributed by atoms with Crippen molar-refractivity contribution in [3.8, 4) is 50.6 Å². The van der Waals surface area contributed by atoms with E-state index in [4.69, 9.17) is 0 Å². The van der Waals surface area contributed by atoms with Crippen LogP contribution < -0.4 is 4.90 Å². The summed E-state index contributed by atoms with van der Waals surface area (Å²) in [5.41, 5.74) is 16.9.